The van der Waals surface area contributed by atoms with Crippen molar-refractivity contribution in [2.75, 3.05) is 0 Å². The minimum Gasteiger partial charge on any atom is -0.146 e. The molecule has 0 bridgehead atoms. The van der Waals surface area contributed by atoms with Crippen molar-refractivity contribution in [3.63, 3.8) is 0 Å². The molecule has 0 aliphatic carbocycles. The van der Waals surface area contributed by atoms with Crippen molar-refractivity contribution in [1.29, 1.82) is 0 Å². The minimum absolute atomic E-state index is 1.14. The largest absolute Gasteiger partial charge is 0.146 e. The Labute approximate surface area is 137 Å². The van der Waals surface area contributed by atoms with E-state index in [1.807, 2.05) is 39.0 Å². The van der Waals surface area contributed by atoms with Crippen molar-refractivity contribution >= 4 is 11.3 Å². The maximum absolute atomic E-state index is 2.19. The standard InChI is InChI=1S/C9H12.C7H10S.2C2H6/c1-3-9-6-4-8(2)5-7-9;1-3-7-5-4-6(2)8-7;2*1-2/h4-7H,3H2,1-2H3;4-5H,3H2,1-2H3;2*1-2H3. The van der Waals surface area contributed by atoms with Gasteiger partial charge in [0.2, 0.25) is 0 Å². The smallest absolute Gasteiger partial charge is 0.00453 e. The number of hydrogen-bond acceptors (Lipinski definition) is 1. The second-order valence-electron chi connectivity index (χ2n) is 4.21. The maximum atomic E-state index is 2.19. The van der Waals surface area contributed by atoms with Gasteiger partial charge in [-0.15, -0.1) is 11.3 Å². The predicted octanol–water partition coefficient (Wildman–Crippen LogP) is 7.23. The van der Waals surface area contributed by atoms with Gasteiger partial charge in [0.05, 0.1) is 0 Å². The van der Waals surface area contributed by atoms with E-state index in [-0.39, 0.29) is 0 Å². The van der Waals surface area contributed by atoms with Crippen molar-refractivity contribution in [2.45, 2.75) is 68.2 Å². The Balaban J connectivity index is 0. The van der Waals surface area contributed by atoms with Gasteiger partial charge in [0.25, 0.3) is 0 Å². The quantitative estimate of drug-likeness (QED) is 0.549. The summed E-state index contributed by atoms with van der Waals surface area (Å²) in [4.78, 5) is 2.91. The fourth-order valence-corrected chi connectivity index (χ4v) is 2.33. The first-order valence-electron chi connectivity index (χ1n) is 8.26. The fraction of sp³-hybridized carbons (Fsp3) is 0.500. The molecule has 0 radical (unpaired) electrons. The molecule has 0 saturated heterocycles. The molecule has 0 aliphatic rings. The average Bonchev–Trinajstić information content (AvgIpc) is 2.98. The monoisotopic (exact) mass is 306 g/mol. The summed E-state index contributed by atoms with van der Waals surface area (Å²) >= 11 is 1.89. The summed E-state index contributed by atoms with van der Waals surface area (Å²) in [6, 6.07) is 13.0. The van der Waals surface area contributed by atoms with E-state index in [1.165, 1.54) is 27.3 Å². The molecule has 0 nitrogen and oxygen atoms in total. The van der Waals surface area contributed by atoms with Gasteiger partial charge in [-0.1, -0.05) is 71.4 Å². The Kier molecular flexibility index (Phi) is 16.2. The number of aryl methyl sites for hydroxylation is 4. The molecule has 21 heavy (non-hydrogen) atoms. The molecule has 1 heterocycles. The summed E-state index contributed by atoms with van der Waals surface area (Å²) in [6.45, 7) is 16.6. The van der Waals surface area contributed by atoms with Gasteiger partial charge in [-0.3, -0.25) is 0 Å². The Hall–Kier alpha value is -1.08. The number of hydrogen-bond donors (Lipinski definition) is 0. The van der Waals surface area contributed by atoms with Gasteiger partial charge in [0, 0.05) is 9.75 Å². The van der Waals surface area contributed by atoms with Gasteiger partial charge in [-0.05, 0) is 44.4 Å². The Morgan fingerprint density at radius 2 is 1.24 bits per heavy atom. The van der Waals surface area contributed by atoms with E-state index in [9.17, 15) is 0 Å². The van der Waals surface area contributed by atoms with E-state index in [2.05, 4.69) is 64.1 Å². The Morgan fingerprint density at radius 3 is 1.52 bits per heavy atom. The van der Waals surface area contributed by atoms with Crippen LogP contribution < -0.4 is 0 Å². The molecule has 0 amide bonds. The van der Waals surface area contributed by atoms with Crippen LogP contribution in [0.25, 0.3) is 0 Å². The highest BCUT2D eigenvalue weighted by Crippen LogP contribution is 2.14. The highest BCUT2D eigenvalue weighted by Gasteiger charge is 1.89. The molecule has 1 aromatic heterocycles. The zero-order chi connectivity index (χ0) is 16.7. The molecule has 1 aromatic carbocycles. The van der Waals surface area contributed by atoms with Crippen LogP contribution in [0.2, 0.25) is 0 Å². The summed E-state index contributed by atoms with van der Waals surface area (Å²) in [6.07, 6.45) is 2.32. The van der Waals surface area contributed by atoms with Crippen molar-refractivity contribution < 1.29 is 0 Å². The third-order valence-electron chi connectivity index (χ3n) is 2.67. The molecule has 0 atom stereocenters. The van der Waals surface area contributed by atoms with Crippen LogP contribution in [0.1, 0.15) is 62.4 Å². The molecule has 0 unspecified atom stereocenters. The van der Waals surface area contributed by atoms with Crippen LogP contribution >= 0.6 is 11.3 Å². The summed E-state index contributed by atoms with van der Waals surface area (Å²) in [5.74, 6) is 0. The molecule has 2 rings (SSSR count). The first-order chi connectivity index (χ1) is 10.2. The summed E-state index contributed by atoms with van der Waals surface area (Å²) < 4.78 is 0. The molecule has 1 heteroatoms. The molecule has 120 valence electrons. The van der Waals surface area contributed by atoms with Crippen molar-refractivity contribution in [3.8, 4) is 0 Å². The van der Waals surface area contributed by atoms with Gasteiger partial charge >= 0.3 is 0 Å². The Bertz CT molecular complexity index is 423. The predicted molar refractivity (Wildman–Crippen MR) is 102 cm³/mol. The average molecular weight is 307 g/mol. The van der Waals surface area contributed by atoms with Crippen molar-refractivity contribution in [1.82, 2.24) is 0 Å². The van der Waals surface area contributed by atoms with Gasteiger partial charge in [-0.25, -0.2) is 0 Å². The molecule has 0 N–H and O–H groups in total. The van der Waals surface area contributed by atoms with Gasteiger partial charge in [-0.2, -0.15) is 0 Å². The third-order valence-corrected chi connectivity index (χ3v) is 3.82. The van der Waals surface area contributed by atoms with Crippen molar-refractivity contribution in [3.05, 3.63) is 57.3 Å². The van der Waals surface area contributed by atoms with E-state index >= 15 is 0 Å². The summed E-state index contributed by atoms with van der Waals surface area (Å²) in [5.41, 5.74) is 2.76. The lowest BCUT2D eigenvalue weighted by molar-refractivity contribution is 1.14. The SMILES string of the molecule is CC.CC.CCc1ccc(C)cc1.CCc1ccc(C)s1. The fourth-order valence-electron chi connectivity index (χ4n) is 1.50. The molecular formula is C20H34S. The van der Waals surface area contributed by atoms with Gasteiger partial charge < -0.3 is 0 Å². The number of rotatable bonds is 2. The third kappa shape index (κ3) is 11.3. The zero-order valence-electron chi connectivity index (χ0n) is 15.3. The second kappa shape index (κ2) is 15.3. The first-order valence-corrected chi connectivity index (χ1v) is 9.08. The number of thiophene rings is 1. The molecule has 0 spiro atoms. The lowest BCUT2D eigenvalue weighted by Crippen LogP contribution is -1.77. The second-order valence-corrected chi connectivity index (χ2v) is 5.58. The molecular weight excluding hydrogens is 272 g/mol. The molecule has 0 aliphatic heterocycles. The van der Waals surface area contributed by atoms with Crippen LogP contribution in [-0.4, -0.2) is 0 Å². The minimum atomic E-state index is 1.14. The van der Waals surface area contributed by atoms with Crippen LogP contribution in [-0.2, 0) is 12.8 Å². The summed E-state index contributed by atoms with van der Waals surface area (Å²) in [5, 5.41) is 0. The van der Waals surface area contributed by atoms with Crippen LogP contribution in [0.3, 0.4) is 0 Å². The Morgan fingerprint density at radius 1 is 0.714 bits per heavy atom. The number of benzene rings is 1. The van der Waals surface area contributed by atoms with E-state index < -0.39 is 0 Å². The first kappa shape index (κ1) is 22.2. The van der Waals surface area contributed by atoms with Gasteiger partial charge in [0.15, 0.2) is 0 Å². The van der Waals surface area contributed by atoms with E-state index in [1.54, 1.807) is 0 Å². The lowest BCUT2D eigenvalue weighted by Gasteiger charge is -1.94. The van der Waals surface area contributed by atoms with Crippen LogP contribution in [0.5, 0.6) is 0 Å². The van der Waals surface area contributed by atoms with E-state index in [0.29, 0.717) is 0 Å². The van der Waals surface area contributed by atoms with E-state index in [0.717, 1.165) is 6.42 Å². The van der Waals surface area contributed by atoms with Crippen LogP contribution in [0, 0.1) is 13.8 Å². The lowest BCUT2D eigenvalue weighted by atomic mass is 10.1. The molecule has 0 saturated carbocycles. The van der Waals surface area contributed by atoms with Crippen molar-refractivity contribution in [2.24, 2.45) is 0 Å². The molecule has 0 fully saturated rings. The normalized spacial score (nSPS) is 8.38. The highest BCUT2D eigenvalue weighted by molar-refractivity contribution is 7.11. The molecule has 2 aromatic rings. The van der Waals surface area contributed by atoms with Crippen LogP contribution in [0.4, 0.5) is 0 Å². The topological polar surface area (TPSA) is 0 Å². The zero-order valence-corrected chi connectivity index (χ0v) is 16.1. The van der Waals surface area contributed by atoms with Gasteiger partial charge in [0.1, 0.15) is 0 Å². The summed E-state index contributed by atoms with van der Waals surface area (Å²) in [7, 11) is 0. The highest BCUT2D eigenvalue weighted by atomic mass is 32.1. The van der Waals surface area contributed by atoms with Crippen LogP contribution in [0.15, 0.2) is 36.4 Å². The van der Waals surface area contributed by atoms with E-state index in [4.69, 9.17) is 0 Å². The maximum Gasteiger partial charge on any atom is 0.00453 e.